The van der Waals surface area contributed by atoms with E-state index in [1.165, 1.54) is 0 Å². The van der Waals surface area contributed by atoms with Gasteiger partial charge in [-0.15, -0.1) is 11.6 Å². The number of benzene rings is 1. The van der Waals surface area contributed by atoms with Crippen LogP contribution < -0.4 is 5.32 Å². The van der Waals surface area contributed by atoms with Gasteiger partial charge in [-0.25, -0.2) is 0 Å². The van der Waals surface area contributed by atoms with Crippen molar-refractivity contribution >= 4 is 17.5 Å². The van der Waals surface area contributed by atoms with Crippen molar-refractivity contribution in [3.8, 4) is 0 Å². The molecular formula is C15H16ClNO2. The van der Waals surface area contributed by atoms with Crippen molar-refractivity contribution in [3.05, 3.63) is 59.0 Å². The molecule has 0 aliphatic heterocycles. The largest absolute Gasteiger partial charge is 0.469 e. The molecule has 4 heteroatoms. The second-order valence-corrected chi connectivity index (χ2v) is 4.51. The number of hydrogen-bond donors (Lipinski definition) is 1. The van der Waals surface area contributed by atoms with Crippen LogP contribution >= 0.6 is 11.6 Å². The van der Waals surface area contributed by atoms with E-state index >= 15 is 0 Å². The van der Waals surface area contributed by atoms with Gasteiger partial charge in [0.1, 0.15) is 5.76 Å². The van der Waals surface area contributed by atoms with Crippen LogP contribution in [0.25, 0.3) is 0 Å². The summed E-state index contributed by atoms with van der Waals surface area (Å²) >= 11 is 5.78. The van der Waals surface area contributed by atoms with E-state index in [0.717, 1.165) is 11.1 Å². The first-order valence-electron chi connectivity index (χ1n) is 6.23. The second-order valence-electron chi connectivity index (χ2n) is 4.25. The molecule has 1 heterocycles. The smallest absolute Gasteiger partial charge is 0.255 e. The van der Waals surface area contributed by atoms with Crippen LogP contribution in [0.15, 0.2) is 41.0 Å². The highest BCUT2D eigenvalue weighted by Gasteiger charge is 2.12. The Kier molecular flexibility index (Phi) is 4.63. The fraction of sp³-hybridized carbons (Fsp3) is 0.267. The molecule has 0 aliphatic rings. The van der Waals surface area contributed by atoms with Crippen LogP contribution in [0.3, 0.4) is 0 Å². The first-order chi connectivity index (χ1) is 9.24. The van der Waals surface area contributed by atoms with Gasteiger partial charge in [0.25, 0.3) is 5.91 Å². The third-order valence-corrected chi connectivity index (χ3v) is 3.22. The summed E-state index contributed by atoms with van der Waals surface area (Å²) in [4.78, 5) is 12.0. The summed E-state index contributed by atoms with van der Waals surface area (Å²) in [6.07, 6.45) is 2.25. The van der Waals surface area contributed by atoms with Crippen molar-refractivity contribution in [3.63, 3.8) is 0 Å². The number of aryl methyl sites for hydroxylation is 1. The molecule has 2 rings (SSSR count). The van der Waals surface area contributed by atoms with Crippen LogP contribution in [0.2, 0.25) is 0 Å². The molecule has 0 unspecified atom stereocenters. The summed E-state index contributed by atoms with van der Waals surface area (Å²) in [5.74, 6) is 1.08. The van der Waals surface area contributed by atoms with Crippen molar-refractivity contribution in [1.29, 1.82) is 0 Å². The normalized spacial score (nSPS) is 10.4. The molecule has 19 heavy (non-hydrogen) atoms. The average Bonchev–Trinajstić information content (AvgIpc) is 2.93. The Morgan fingerprint density at radius 1 is 1.32 bits per heavy atom. The monoisotopic (exact) mass is 277 g/mol. The summed E-state index contributed by atoms with van der Waals surface area (Å²) in [7, 11) is 0. The van der Waals surface area contributed by atoms with E-state index in [4.69, 9.17) is 16.0 Å². The molecule has 1 aromatic heterocycles. The number of carbonyl (C=O) groups excluding carboxylic acids is 1. The third-order valence-electron chi connectivity index (χ3n) is 2.91. The van der Waals surface area contributed by atoms with Gasteiger partial charge in [0.15, 0.2) is 0 Å². The molecule has 0 atom stereocenters. The Morgan fingerprint density at radius 3 is 2.84 bits per heavy atom. The van der Waals surface area contributed by atoms with Crippen LogP contribution in [0.1, 0.15) is 34.2 Å². The maximum atomic E-state index is 12.0. The first-order valence-corrected chi connectivity index (χ1v) is 6.76. The predicted octanol–water partition coefficient (Wildman–Crippen LogP) is 3.51. The molecule has 0 spiro atoms. The van der Waals surface area contributed by atoms with E-state index in [2.05, 4.69) is 5.32 Å². The van der Waals surface area contributed by atoms with E-state index in [0.29, 0.717) is 30.2 Å². The maximum absolute atomic E-state index is 12.0. The number of rotatable bonds is 5. The highest BCUT2D eigenvalue weighted by molar-refractivity contribution is 6.17. The molecule has 1 aromatic carbocycles. The van der Waals surface area contributed by atoms with Gasteiger partial charge in [0.05, 0.1) is 11.8 Å². The van der Waals surface area contributed by atoms with Crippen molar-refractivity contribution in [2.75, 3.05) is 0 Å². The first kappa shape index (κ1) is 13.7. The van der Waals surface area contributed by atoms with Gasteiger partial charge in [-0.2, -0.15) is 0 Å². The zero-order valence-corrected chi connectivity index (χ0v) is 11.5. The van der Waals surface area contributed by atoms with E-state index < -0.39 is 0 Å². The second kappa shape index (κ2) is 6.43. The van der Waals surface area contributed by atoms with Crippen molar-refractivity contribution < 1.29 is 9.21 Å². The third kappa shape index (κ3) is 3.38. The minimum atomic E-state index is -0.109. The van der Waals surface area contributed by atoms with Gasteiger partial charge >= 0.3 is 0 Å². The molecule has 0 saturated carbocycles. The topological polar surface area (TPSA) is 42.2 Å². The van der Waals surface area contributed by atoms with Gasteiger partial charge in [-0.05, 0) is 17.2 Å². The number of carbonyl (C=O) groups is 1. The molecule has 1 N–H and O–H groups in total. The van der Waals surface area contributed by atoms with Crippen molar-refractivity contribution in [1.82, 2.24) is 5.32 Å². The SMILES string of the molecule is CCc1occc1C(=O)NCc1cccc(CCl)c1. The zero-order valence-electron chi connectivity index (χ0n) is 10.8. The lowest BCUT2D eigenvalue weighted by Gasteiger charge is -2.06. The minimum Gasteiger partial charge on any atom is -0.469 e. The van der Waals surface area contributed by atoms with E-state index in [1.54, 1.807) is 12.3 Å². The summed E-state index contributed by atoms with van der Waals surface area (Å²) in [5, 5.41) is 2.89. The van der Waals surface area contributed by atoms with Gasteiger partial charge in [0.2, 0.25) is 0 Å². The lowest BCUT2D eigenvalue weighted by molar-refractivity contribution is 0.0949. The van der Waals surface area contributed by atoms with Crippen LogP contribution in [-0.4, -0.2) is 5.91 Å². The van der Waals surface area contributed by atoms with Crippen LogP contribution in [0.5, 0.6) is 0 Å². The number of halogens is 1. The van der Waals surface area contributed by atoms with Gasteiger partial charge in [0, 0.05) is 18.8 Å². The molecule has 0 bridgehead atoms. The van der Waals surface area contributed by atoms with Gasteiger partial charge in [-0.3, -0.25) is 4.79 Å². The number of nitrogens with one attached hydrogen (secondary N) is 1. The van der Waals surface area contributed by atoms with Crippen LogP contribution in [-0.2, 0) is 18.8 Å². The molecular weight excluding hydrogens is 262 g/mol. The quantitative estimate of drug-likeness (QED) is 0.850. The molecule has 1 amide bonds. The number of alkyl halides is 1. The highest BCUT2D eigenvalue weighted by Crippen LogP contribution is 2.12. The number of furan rings is 1. The minimum absolute atomic E-state index is 0.109. The van der Waals surface area contributed by atoms with Crippen LogP contribution in [0, 0.1) is 0 Å². The number of amides is 1. The molecule has 0 fully saturated rings. The molecule has 2 aromatic rings. The standard InChI is InChI=1S/C15H16ClNO2/c1-2-14-13(6-7-19-14)15(18)17-10-12-5-3-4-11(8-12)9-16/h3-8H,2,9-10H2,1H3,(H,17,18). The Balaban J connectivity index is 2.00. The maximum Gasteiger partial charge on any atom is 0.255 e. The Bertz CT molecular complexity index is 563. The van der Waals surface area contributed by atoms with E-state index in [1.807, 2.05) is 31.2 Å². The summed E-state index contributed by atoms with van der Waals surface area (Å²) < 4.78 is 5.25. The van der Waals surface area contributed by atoms with Gasteiger partial charge in [-0.1, -0.05) is 31.2 Å². The Morgan fingerprint density at radius 2 is 2.11 bits per heavy atom. The highest BCUT2D eigenvalue weighted by atomic mass is 35.5. The fourth-order valence-corrected chi connectivity index (χ4v) is 2.08. The lowest BCUT2D eigenvalue weighted by atomic mass is 10.1. The summed E-state index contributed by atoms with van der Waals surface area (Å²) in [6, 6.07) is 9.55. The predicted molar refractivity (Wildman–Crippen MR) is 75.3 cm³/mol. The summed E-state index contributed by atoms with van der Waals surface area (Å²) in [5.41, 5.74) is 2.69. The lowest BCUT2D eigenvalue weighted by Crippen LogP contribution is -2.23. The molecule has 100 valence electrons. The van der Waals surface area contributed by atoms with E-state index in [9.17, 15) is 4.79 Å². The summed E-state index contributed by atoms with van der Waals surface area (Å²) in [6.45, 7) is 2.44. The van der Waals surface area contributed by atoms with Crippen LogP contribution in [0.4, 0.5) is 0 Å². The molecule has 0 radical (unpaired) electrons. The average molecular weight is 278 g/mol. The number of hydrogen-bond acceptors (Lipinski definition) is 2. The van der Waals surface area contributed by atoms with E-state index in [-0.39, 0.29) is 5.91 Å². The zero-order chi connectivity index (χ0) is 13.7. The molecule has 0 saturated heterocycles. The van der Waals surface area contributed by atoms with Crippen molar-refractivity contribution in [2.24, 2.45) is 0 Å². The molecule has 0 aliphatic carbocycles. The van der Waals surface area contributed by atoms with Gasteiger partial charge < -0.3 is 9.73 Å². The fourth-order valence-electron chi connectivity index (χ4n) is 1.92. The Hall–Kier alpha value is -1.74. The Labute approximate surface area is 117 Å². The van der Waals surface area contributed by atoms with Crippen molar-refractivity contribution in [2.45, 2.75) is 25.8 Å². The molecule has 3 nitrogen and oxygen atoms in total.